The molecule has 0 aliphatic carbocycles. The van der Waals surface area contributed by atoms with E-state index in [4.69, 9.17) is 22.1 Å². The predicted octanol–water partition coefficient (Wildman–Crippen LogP) is 2.90. The van der Waals surface area contributed by atoms with E-state index in [1.165, 1.54) is 18.2 Å². The van der Waals surface area contributed by atoms with Gasteiger partial charge in [0, 0.05) is 20.9 Å². The minimum Gasteiger partial charge on any atom is -0.452 e. The summed E-state index contributed by atoms with van der Waals surface area (Å²) < 4.78 is 5.78. The maximum absolute atomic E-state index is 11.9. The molecule has 0 fully saturated rings. The molecule has 0 aliphatic heterocycles. The number of carbonyl (C=O) groups excluding carboxylic acids is 3. The van der Waals surface area contributed by atoms with Gasteiger partial charge in [-0.2, -0.15) is 0 Å². The topological polar surface area (TPSA) is 111 Å². The summed E-state index contributed by atoms with van der Waals surface area (Å²) in [4.78, 5) is 35.6. The van der Waals surface area contributed by atoms with Gasteiger partial charge in [0.2, 0.25) is 5.91 Å². The molecule has 0 aromatic heterocycles. The Morgan fingerprint density at radius 3 is 2.56 bits per heavy atom. The van der Waals surface area contributed by atoms with Crippen LogP contribution in [-0.4, -0.2) is 30.9 Å². The number of amides is 2. The summed E-state index contributed by atoms with van der Waals surface area (Å²) in [5, 5.41) is 5.44. The number of esters is 1. The Kier molecular flexibility index (Phi) is 7.20. The number of halogens is 2. The summed E-state index contributed by atoms with van der Waals surface area (Å²) in [7, 11) is 0. The summed E-state index contributed by atoms with van der Waals surface area (Å²) in [6.07, 6.45) is 0. The number of nitrogen functional groups attached to an aromatic ring is 1. The molecule has 142 valence electrons. The van der Waals surface area contributed by atoms with Crippen molar-refractivity contribution in [2.75, 3.05) is 24.2 Å². The molecule has 0 radical (unpaired) electrons. The molecule has 0 atom stereocenters. The molecule has 0 heterocycles. The first-order valence-corrected chi connectivity index (χ1v) is 8.98. The number of rotatable bonds is 6. The first-order valence-electron chi connectivity index (χ1n) is 7.81. The van der Waals surface area contributed by atoms with Crippen LogP contribution in [0.2, 0.25) is 5.02 Å². The Balaban J connectivity index is 1.78. The second-order valence-electron chi connectivity index (χ2n) is 5.59. The third-order valence-electron chi connectivity index (χ3n) is 3.48. The number of aryl methyl sites for hydroxylation is 1. The van der Waals surface area contributed by atoms with Crippen LogP contribution >= 0.6 is 27.5 Å². The Hall–Kier alpha value is -2.58. The molecule has 0 saturated heterocycles. The van der Waals surface area contributed by atoms with E-state index < -0.39 is 24.4 Å². The Labute approximate surface area is 169 Å². The molecule has 9 heteroatoms. The van der Waals surface area contributed by atoms with Gasteiger partial charge in [0.15, 0.2) is 6.61 Å². The number of hydrogen-bond acceptors (Lipinski definition) is 5. The number of ether oxygens (including phenoxy) is 1. The van der Waals surface area contributed by atoms with Crippen molar-refractivity contribution in [3.8, 4) is 0 Å². The fraction of sp³-hybridized carbons (Fsp3) is 0.167. The van der Waals surface area contributed by atoms with Crippen molar-refractivity contribution in [1.29, 1.82) is 0 Å². The van der Waals surface area contributed by atoms with Crippen molar-refractivity contribution in [2.24, 2.45) is 0 Å². The molecule has 0 spiro atoms. The molecule has 0 saturated carbocycles. The lowest BCUT2D eigenvalue weighted by Gasteiger charge is -2.10. The van der Waals surface area contributed by atoms with Gasteiger partial charge in [-0.1, -0.05) is 27.5 Å². The van der Waals surface area contributed by atoms with Gasteiger partial charge >= 0.3 is 5.97 Å². The molecule has 4 N–H and O–H groups in total. The average Bonchev–Trinajstić information content (AvgIpc) is 2.60. The Morgan fingerprint density at radius 1 is 1.15 bits per heavy atom. The zero-order chi connectivity index (χ0) is 20.0. The lowest BCUT2D eigenvalue weighted by atomic mass is 10.2. The molecule has 2 rings (SSSR count). The molecular weight excluding hydrogens is 438 g/mol. The molecule has 0 unspecified atom stereocenters. The highest BCUT2D eigenvalue weighted by Crippen LogP contribution is 2.20. The molecule has 0 bridgehead atoms. The Morgan fingerprint density at radius 2 is 1.89 bits per heavy atom. The summed E-state index contributed by atoms with van der Waals surface area (Å²) in [6, 6.07) is 9.71. The third-order valence-corrected chi connectivity index (χ3v) is 4.20. The van der Waals surface area contributed by atoms with Gasteiger partial charge in [-0.15, -0.1) is 0 Å². The van der Waals surface area contributed by atoms with Crippen LogP contribution in [0.25, 0.3) is 0 Å². The van der Waals surface area contributed by atoms with Gasteiger partial charge in [-0.3, -0.25) is 9.59 Å². The van der Waals surface area contributed by atoms with E-state index in [9.17, 15) is 14.4 Å². The summed E-state index contributed by atoms with van der Waals surface area (Å²) in [5.41, 5.74) is 7.45. The third kappa shape index (κ3) is 6.26. The molecule has 2 amide bonds. The number of nitrogens with one attached hydrogen (secondary N) is 2. The highest BCUT2D eigenvalue weighted by molar-refractivity contribution is 9.10. The molecule has 27 heavy (non-hydrogen) atoms. The maximum Gasteiger partial charge on any atom is 0.340 e. The van der Waals surface area contributed by atoms with Gasteiger partial charge in [0.25, 0.3) is 5.91 Å². The highest BCUT2D eigenvalue weighted by atomic mass is 79.9. The molecular formula is C18H17BrClN3O4. The second-order valence-corrected chi connectivity index (χ2v) is 6.94. The van der Waals surface area contributed by atoms with Gasteiger partial charge in [0.05, 0.1) is 12.1 Å². The molecule has 0 aliphatic rings. The van der Waals surface area contributed by atoms with Crippen LogP contribution in [0.4, 0.5) is 11.4 Å². The summed E-state index contributed by atoms with van der Waals surface area (Å²) in [5.74, 6) is -1.77. The van der Waals surface area contributed by atoms with Crippen LogP contribution in [0.5, 0.6) is 0 Å². The molecule has 2 aromatic carbocycles. The minimum atomic E-state index is -0.755. The summed E-state index contributed by atoms with van der Waals surface area (Å²) in [6.45, 7) is 1.06. The van der Waals surface area contributed by atoms with E-state index in [1.54, 1.807) is 12.1 Å². The van der Waals surface area contributed by atoms with Crippen molar-refractivity contribution in [1.82, 2.24) is 5.32 Å². The van der Waals surface area contributed by atoms with Gasteiger partial charge in [-0.05, 0) is 48.9 Å². The SMILES string of the molecule is Cc1cc(Br)ccc1NC(=O)CNC(=O)COC(=O)c1ccc(Cl)cc1N. The predicted molar refractivity (Wildman–Crippen MR) is 107 cm³/mol. The first-order chi connectivity index (χ1) is 12.8. The minimum absolute atomic E-state index is 0.107. The maximum atomic E-state index is 11.9. The van der Waals surface area contributed by atoms with E-state index in [2.05, 4.69) is 26.6 Å². The first kappa shape index (κ1) is 20.7. The quantitative estimate of drug-likeness (QED) is 0.459. The van der Waals surface area contributed by atoms with Crippen LogP contribution in [0, 0.1) is 6.92 Å². The van der Waals surface area contributed by atoms with Crippen LogP contribution in [-0.2, 0) is 14.3 Å². The van der Waals surface area contributed by atoms with Gasteiger partial charge < -0.3 is 21.1 Å². The number of nitrogens with two attached hydrogens (primary N) is 1. The largest absolute Gasteiger partial charge is 0.452 e. The smallest absolute Gasteiger partial charge is 0.340 e. The average molecular weight is 455 g/mol. The normalized spacial score (nSPS) is 10.2. The highest BCUT2D eigenvalue weighted by Gasteiger charge is 2.14. The van der Waals surface area contributed by atoms with Crippen molar-refractivity contribution in [3.63, 3.8) is 0 Å². The number of anilines is 2. The number of benzene rings is 2. The zero-order valence-electron chi connectivity index (χ0n) is 14.3. The van der Waals surface area contributed by atoms with Crippen LogP contribution in [0.3, 0.4) is 0 Å². The molecule has 7 nitrogen and oxygen atoms in total. The zero-order valence-corrected chi connectivity index (χ0v) is 16.7. The number of carbonyl (C=O) groups is 3. The van der Waals surface area contributed by atoms with E-state index in [0.29, 0.717) is 10.7 Å². The van der Waals surface area contributed by atoms with Crippen molar-refractivity contribution in [3.05, 3.63) is 57.0 Å². The monoisotopic (exact) mass is 453 g/mol. The van der Waals surface area contributed by atoms with Crippen LogP contribution < -0.4 is 16.4 Å². The van der Waals surface area contributed by atoms with Crippen molar-refractivity contribution >= 4 is 56.7 Å². The lowest BCUT2D eigenvalue weighted by molar-refractivity contribution is -0.126. The van der Waals surface area contributed by atoms with E-state index in [0.717, 1.165) is 10.0 Å². The fourth-order valence-corrected chi connectivity index (χ4v) is 2.78. The van der Waals surface area contributed by atoms with E-state index in [-0.39, 0.29) is 17.8 Å². The van der Waals surface area contributed by atoms with E-state index >= 15 is 0 Å². The Bertz CT molecular complexity index is 889. The van der Waals surface area contributed by atoms with Crippen LogP contribution in [0.1, 0.15) is 15.9 Å². The van der Waals surface area contributed by atoms with Crippen LogP contribution in [0.15, 0.2) is 40.9 Å². The standard InChI is InChI=1S/C18H17BrClN3O4/c1-10-6-11(19)2-5-15(10)23-16(24)8-22-17(25)9-27-18(26)13-4-3-12(20)7-14(13)21/h2-7H,8-9,21H2,1H3,(H,22,25)(H,23,24). The number of hydrogen-bond donors (Lipinski definition) is 3. The lowest BCUT2D eigenvalue weighted by Crippen LogP contribution is -2.35. The second kappa shape index (κ2) is 9.38. The summed E-state index contributed by atoms with van der Waals surface area (Å²) >= 11 is 9.10. The van der Waals surface area contributed by atoms with Crippen molar-refractivity contribution in [2.45, 2.75) is 6.92 Å². The van der Waals surface area contributed by atoms with Crippen molar-refractivity contribution < 1.29 is 19.1 Å². The van der Waals surface area contributed by atoms with Gasteiger partial charge in [0.1, 0.15) is 0 Å². The fourth-order valence-electron chi connectivity index (χ4n) is 2.12. The molecule has 2 aromatic rings. The van der Waals surface area contributed by atoms with E-state index in [1.807, 2.05) is 13.0 Å². The van der Waals surface area contributed by atoms with Gasteiger partial charge in [-0.25, -0.2) is 4.79 Å².